The van der Waals surface area contributed by atoms with Crippen LogP contribution in [-0.4, -0.2) is 30.3 Å². The van der Waals surface area contributed by atoms with Crippen molar-refractivity contribution in [1.29, 1.82) is 0 Å². The first-order valence-corrected chi connectivity index (χ1v) is 9.99. The Morgan fingerprint density at radius 2 is 1.89 bits per heavy atom. The van der Waals surface area contributed by atoms with E-state index in [4.69, 9.17) is 18.9 Å². The molecule has 2 aromatic carbocycles. The number of benzene rings is 2. The maximum atomic E-state index is 12.9. The predicted octanol–water partition coefficient (Wildman–Crippen LogP) is 4.31. The van der Waals surface area contributed by atoms with Gasteiger partial charge in [0.1, 0.15) is 11.5 Å². The monoisotopic (exact) mass is 444 g/mol. The van der Waals surface area contributed by atoms with Gasteiger partial charge in [0.05, 0.1) is 12.2 Å². The molecule has 4 rings (SSSR count). The quantitative estimate of drug-likeness (QED) is 0.467. The van der Waals surface area contributed by atoms with Crippen molar-refractivity contribution in [3.05, 3.63) is 59.4 Å². The molecule has 1 aliphatic carbocycles. The normalized spacial score (nSPS) is 14.5. The minimum Gasteiger partial charge on any atom is -0.493 e. The van der Waals surface area contributed by atoms with Crippen LogP contribution >= 0.6 is 15.9 Å². The van der Waals surface area contributed by atoms with Crippen molar-refractivity contribution in [1.82, 2.24) is 0 Å². The third kappa shape index (κ3) is 3.62. The number of unbranched alkanes of at least 4 members (excludes halogenated alkanes) is 1. The van der Waals surface area contributed by atoms with E-state index in [0.29, 0.717) is 29.6 Å². The fraction of sp³-hybridized carbons (Fsp3) is 0.238. The largest absolute Gasteiger partial charge is 0.493 e. The van der Waals surface area contributed by atoms with Crippen molar-refractivity contribution in [2.75, 3.05) is 18.7 Å². The molecule has 0 radical (unpaired) electrons. The van der Waals surface area contributed by atoms with E-state index in [2.05, 4.69) is 15.9 Å². The third-order valence-corrected chi connectivity index (χ3v) is 4.92. The zero-order valence-electron chi connectivity index (χ0n) is 14.9. The Hall–Kier alpha value is -2.80. The smallest absolute Gasteiger partial charge is 0.231 e. The van der Waals surface area contributed by atoms with Gasteiger partial charge in [0.25, 0.3) is 0 Å². The van der Waals surface area contributed by atoms with Crippen LogP contribution in [0, 0.1) is 0 Å². The molecule has 0 aromatic heterocycles. The molecule has 28 heavy (non-hydrogen) atoms. The first-order chi connectivity index (χ1) is 13.7. The summed E-state index contributed by atoms with van der Waals surface area (Å²) in [7, 11) is 0. The van der Waals surface area contributed by atoms with Crippen LogP contribution in [0.1, 0.15) is 33.6 Å². The number of allylic oxidation sites excluding steroid dienone is 2. The van der Waals surface area contributed by atoms with Crippen molar-refractivity contribution in [2.24, 2.45) is 0 Å². The second-order valence-electron chi connectivity index (χ2n) is 6.24. The molecule has 1 heterocycles. The van der Waals surface area contributed by atoms with Gasteiger partial charge in [-0.1, -0.05) is 22.0 Å². The summed E-state index contributed by atoms with van der Waals surface area (Å²) in [4.78, 5) is 25.6. The molecular formula is C21H17BrO6. The highest BCUT2D eigenvalue weighted by atomic mass is 79.9. The molecular weight excluding hydrogens is 428 g/mol. The maximum absolute atomic E-state index is 12.9. The van der Waals surface area contributed by atoms with Gasteiger partial charge in [-0.2, -0.15) is 0 Å². The molecule has 0 bridgehead atoms. The van der Waals surface area contributed by atoms with Crippen LogP contribution in [0.15, 0.2) is 48.2 Å². The molecule has 6 nitrogen and oxygen atoms in total. The number of hydrogen-bond donors (Lipinski definition) is 0. The molecule has 0 N–H and O–H groups in total. The van der Waals surface area contributed by atoms with Crippen molar-refractivity contribution in [3.63, 3.8) is 0 Å². The van der Waals surface area contributed by atoms with Crippen molar-refractivity contribution in [2.45, 2.75) is 12.8 Å². The molecule has 0 fully saturated rings. The van der Waals surface area contributed by atoms with Gasteiger partial charge in [-0.3, -0.25) is 9.59 Å². The average molecular weight is 445 g/mol. The fourth-order valence-corrected chi connectivity index (χ4v) is 3.40. The topological polar surface area (TPSA) is 71.1 Å². The number of halogens is 1. The number of hydrogen-bond acceptors (Lipinski definition) is 6. The van der Waals surface area contributed by atoms with Gasteiger partial charge < -0.3 is 18.9 Å². The Kier molecular flexibility index (Phi) is 5.34. The van der Waals surface area contributed by atoms with Gasteiger partial charge in [-0.15, -0.1) is 0 Å². The van der Waals surface area contributed by atoms with Crippen LogP contribution in [0.25, 0.3) is 0 Å². The minimum atomic E-state index is -0.363. The minimum absolute atomic E-state index is 0.0344. The molecule has 0 spiro atoms. The van der Waals surface area contributed by atoms with Gasteiger partial charge in [0.2, 0.25) is 12.6 Å². The zero-order valence-corrected chi connectivity index (χ0v) is 16.5. The Morgan fingerprint density at radius 3 is 2.75 bits per heavy atom. The number of rotatable bonds is 7. The lowest BCUT2D eigenvalue weighted by Crippen LogP contribution is -2.21. The van der Waals surface area contributed by atoms with Crippen molar-refractivity contribution < 1.29 is 28.5 Å². The number of carbonyl (C=O) groups is 2. The van der Waals surface area contributed by atoms with Crippen molar-refractivity contribution >= 4 is 27.5 Å². The number of Topliss-reactive ketones (excluding diaryl/α,β-unsaturated/α-hetero) is 1. The molecule has 144 valence electrons. The summed E-state index contributed by atoms with van der Waals surface area (Å²) in [5.74, 6) is 1.24. The van der Waals surface area contributed by atoms with Crippen LogP contribution in [0.3, 0.4) is 0 Å². The van der Waals surface area contributed by atoms with E-state index in [-0.39, 0.29) is 35.2 Å². The second-order valence-corrected chi connectivity index (χ2v) is 7.04. The molecule has 0 saturated heterocycles. The van der Waals surface area contributed by atoms with Crippen LogP contribution in [0.5, 0.6) is 23.0 Å². The van der Waals surface area contributed by atoms with E-state index < -0.39 is 0 Å². The van der Waals surface area contributed by atoms with E-state index in [9.17, 15) is 9.59 Å². The van der Waals surface area contributed by atoms with Gasteiger partial charge >= 0.3 is 0 Å². The van der Waals surface area contributed by atoms with E-state index in [1.165, 1.54) is 6.08 Å². The van der Waals surface area contributed by atoms with E-state index in [0.717, 1.165) is 18.2 Å². The van der Waals surface area contributed by atoms with Gasteiger partial charge in [-0.05, 0) is 37.1 Å². The summed E-state index contributed by atoms with van der Waals surface area (Å²) < 4.78 is 22.0. The molecule has 2 aromatic rings. The van der Waals surface area contributed by atoms with Crippen LogP contribution in [0.2, 0.25) is 0 Å². The van der Waals surface area contributed by atoms with Crippen LogP contribution < -0.4 is 18.9 Å². The Morgan fingerprint density at radius 1 is 1.04 bits per heavy atom. The molecule has 2 aliphatic rings. The van der Waals surface area contributed by atoms with Gasteiger partial charge in [0, 0.05) is 23.0 Å². The Balaban J connectivity index is 1.56. The summed E-state index contributed by atoms with van der Waals surface area (Å²) in [6.07, 6.45) is 3.03. The summed E-state index contributed by atoms with van der Waals surface area (Å²) in [5.41, 5.74) is 0.561. The molecule has 0 atom stereocenters. The second kappa shape index (κ2) is 8.06. The van der Waals surface area contributed by atoms with E-state index in [1.807, 2.05) is 0 Å². The van der Waals surface area contributed by atoms with Gasteiger partial charge in [0.15, 0.2) is 23.0 Å². The average Bonchev–Trinajstić information content (AvgIpc) is 3.17. The summed E-state index contributed by atoms with van der Waals surface area (Å²) in [6, 6.07) is 9.99. The molecule has 1 aliphatic heterocycles. The predicted molar refractivity (Wildman–Crippen MR) is 105 cm³/mol. The van der Waals surface area contributed by atoms with E-state index in [1.54, 1.807) is 36.4 Å². The summed E-state index contributed by atoms with van der Waals surface area (Å²) in [5, 5.41) is 0.893. The Bertz CT molecular complexity index is 965. The first kappa shape index (κ1) is 18.6. The number of fused-ring (bicyclic) bond motifs is 2. The Labute approximate surface area is 170 Å². The first-order valence-electron chi connectivity index (χ1n) is 8.87. The lowest BCUT2D eigenvalue weighted by molar-refractivity contribution is 0.0944. The number of ketones is 2. The number of alkyl halides is 1. The lowest BCUT2D eigenvalue weighted by Gasteiger charge is -2.18. The molecule has 0 amide bonds. The SMILES string of the molecule is O=C1C(Oc2ccc3c(c2)OCO3)=CC(=O)c2c(OCCCCBr)cccc21. The summed E-state index contributed by atoms with van der Waals surface area (Å²) >= 11 is 3.37. The van der Waals surface area contributed by atoms with E-state index >= 15 is 0 Å². The molecule has 7 heteroatoms. The number of ether oxygens (including phenoxy) is 4. The lowest BCUT2D eigenvalue weighted by atomic mass is 9.92. The van der Waals surface area contributed by atoms with Crippen LogP contribution in [-0.2, 0) is 0 Å². The number of carbonyl (C=O) groups excluding carboxylic acids is 2. The molecule has 0 unspecified atom stereocenters. The fourth-order valence-electron chi connectivity index (χ4n) is 3.01. The molecule has 0 saturated carbocycles. The zero-order chi connectivity index (χ0) is 19.5. The highest BCUT2D eigenvalue weighted by Gasteiger charge is 2.30. The highest BCUT2D eigenvalue weighted by Crippen LogP contribution is 2.37. The van der Waals surface area contributed by atoms with Crippen LogP contribution in [0.4, 0.5) is 0 Å². The summed E-state index contributed by atoms with van der Waals surface area (Å²) in [6.45, 7) is 0.623. The van der Waals surface area contributed by atoms with Crippen molar-refractivity contribution in [3.8, 4) is 23.0 Å². The van der Waals surface area contributed by atoms with Gasteiger partial charge in [-0.25, -0.2) is 0 Å². The standard InChI is InChI=1S/C21H17BrO6/c22-8-1-2-9-25-17-5-3-4-14-20(17)15(23)11-19(21(14)24)28-13-6-7-16-18(10-13)27-12-26-16/h3-7,10-11H,1-2,8-9,12H2. The highest BCUT2D eigenvalue weighted by molar-refractivity contribution is 9.09. The maximum Gasteiger partial charge on any atom is 0.231 e. The third-order valence-electron chi connectivity index (χ3n) is 4.36.